The van der Waals surface area contributed by atoms with Crippen LogP contribution in [0.15, 0.2) is 18.2 Å². The Hall–Kier alpha value is -1.43. The minimum absolute atomic E-state index is 0.0737. The monoisotopic (exact) mass is 321 g/mol. The zero-order valence-electron chi connectivity index (χ0n) is 11.1. The molecule has 1 aromatic carbocycles. The molecule has 0 aromatic heterocycles. The van der Waals surface area contributed by atoms with Crippen LogP contribution in [0.3, 0.4) is 0 Å². The maximum Gasteiger partial charge on any atom is 0.391 e. The molecule has 1 aromatic rings. The van der Waals surface area contributed by atoms with Gasteiger partial charge in [0.2, 0.25) is 5.91 Å². The summed E-state index contributed by atoms with van der Waals surface area (Å²) in [6.07, 6.45) is -3.51. The molecule has 0 spiro atoms. The molecular weight excluding hydrogens is 307 g/mol. The van der Waals surface area contributed by atoms with Crippen molar-refractivity contribution >= 4 is 23.2 Å². The molecule has 2 rings (SSSR count). The number of benzene rings is 1. The van der Waals surface area contributed by atoms with Crippen LogP contribution in [0.25, 0.3) is 0 Å². The normalized spacial score (nSPS) is 22.9. The highest BCUT2D eigenvalue weighted by Gasteiger charge is 2.43. The van der Waals surface area contributed by atoms with Crippen LogP contribution in [0.2, 0.25) is 5.02 Å². The average Bonchev–Trinajstić information content (AvgIpc) is 2.42. The first kappa shape index (κ1) is 15.9. The lowest BCUT2D eigenvalue weighted by molar-refractivity contribution is -0.185. The number of carbonyl (C=O) groups excluding carboxylic acids is 1. The predicted molar refractivity (Wildman–Crippen MR) is 73.2 cm³/mol. The van der Waals surface area contributed by atoms with Gasteiger partial charge in [-0.05, 0) is 37.5 Å². The topological polar surface area (TPSA) is 49.3 Å². The Morgan fingerprint density at radius 1 is 1.33 bits per heavy atom. The van der Waals surface area contributed by atoms with Crippen LogP contribution in [-0.4, -0.2) is 17.2 Å². The molecule has 0 heterocycles. The standard InChI is InChI=1S/C14H15ClF3NO2/c15-11-7-10(4-5-12(11)20)19-13(21)8-2-1-3-9(6-8)14(16,17)18/h4-5,7-9,20H,1-3,6H2,(H,19,21). The number of alkyl halides is 3. The summed E-state index contributed by atoms with van der Waals surface area (Å²) in [6.45, 7) is 0. The highest BCUT2D eigenvalue weighted by Crippen LogP contribution is 2.40. The molecule has 0 aliphatic heterocycles. The van der Waals surface area contributed by atoms with Gasteiger partial charge in [-0.1, -0.05) is 18.0 Å². The second kappa shape index (κ2) is 6.13. The molecule has 1 saturated carbocycles. The maximum atomic E-state index is 12.7. The summed E-state index contributed by atoms with van der Waals surface area (Å²) in [4.78, 5) is 12.1. The largest absolute Gasteiger partial charge is 0.506 e. The van der Waals surface area contributed by atoms with E-state index >= 15 is 0 Å². The SMILES string of the molecule is O=C(Nc1ccc(O)c(Cl)c1)C1CCCC(C(F)(F)F)C1. The van der Waals surface area contributed by atoms with Gasteiger partial charge >= 0.3 is 6.18 Å². The van der Waals surface area contributed by atoms with Crippen molar-refractivity contribution in [1.82, 2.24) is 0 Å². The molecule has 1 fully saturated rings. The highest BCUT2D eigenvalue weighted by molar-refractivity contribution is 6.32. The van der Waals surface area contributed by atoms with Gasteiger partial charge in [0.25, 0.3) is 0 Å². The lowest BCUT2D eigenvalue weighted by Gasteiger charge is -2.29. The minimum atomic E-state index is -4.25. The van der Waals surface area contributed by atoms with Crippen molar-refractivity contribution in [2.45, 2.75) is 31.9 Å². The first-order valence-corrected chi connectivity index (χ1v) is 7.01. The molecule has 3 nitrogen and oxygen atoms in total. The molecule has 2 N–H and O–H groups in total. The second-order valence-electron chi connectivity index (χ2n) is 5.26. The molecule has 2 unspecified atom stereocenters. The zero-order chi connectivity index (χ0) is 15.6. The van der Waals surface area contributed by atoms with E-state index in [4.69, 9.17) is 11.6 Å². The first-order valence-electron chi connectivity index (χ1n) is 6.63. The summed E-state index contributed by atoms with van der Waals surface area (Å²) >= 11 is 5.72. The van der Waals surface area contributed by atoms with Crippen LogP contribution in [-0.2, 0) is 4.79 Å². The van der Waals surface area contributed by atoms with Gasteiger partial charge < -0.3 is 10.4 Å². The van der Waals surface area contributed by atoms with Gasteiger partial charge in [-0.3, -0.25) is 4.79 Å². The highest BCUT2D eigenvalue weighted by atomic mass is 35.5. The van der Waals surface area contributed by atoms with E-state index in [0.29, 0.717) is 18.5 Å². The molecule has 0 radical (unpaired) electrons. The van der Waals surface area contributed by atoms with E-state index in [1.54, 1.807) is 0 Å². The Morgan fingerprint density at radius 3 is 2.67 bits per heavy atom. The third kappa shape index (κ3) is 4.03. The maximum absolute atomic E-state index is 12.7. The Kier molecular flexibility index (Phi) is 4.66. The smallest absolute Gasteiger partial charge is 0.391 e. The lowest BCUT2D eigenvalue weighted by Crippen LogP contribution is -2.34. The van der Waals surface area contributed by atoms with E-state index in [1.165, 1.54) is 18.2 Å². The molecule has 0 bridgehead atoms. The van der Waals surface area contributed by atoms with Crippen molar-refractivity contribution in [3.63, 3.8) is 0 Å². The summed E-state index contributed by atoms with van der Waals surface area (Å²) in [5.74, 6) is -2.63. The third-order valence-electron chi connectivity index (χ3n) is 3.72. The van der Waals surface area contributed by atoms with Crippen molar-refractivity contribution < 1.29 is 23.1 Å². The fraction of sp³-hybridized carbons (Fsp3) is 0.500. The Bertz CT molecular complexity index is 533. The van der Waals surface area contributed by atoms with Crippen molar-refractivity contribution in [2.75, 3.05) is 5.32 Å². The quantitative estimate of drug-likeness (QED) is 0.795. The van der Waals surface area contributed by atoms with Crippen LogP contribution in [0.1, 0.15) is 25.7 Å². The molecule has 21 heavy (non-hydrogen) atoms. The summed E-state index contributed by atoms with van der Waals surface area (Å²) in [5, 5.41) is 11.9. The Labute approximate surface area is 125 Å². The lowest BCUT2D eigenvalue weighted by atomic mass is 9.80. The van der Waals surface area contributed by atoms with Gasteiger partial charge in [0, 0.05) is 11.6 Å². The van der Waals surface area contributed by atoms with E-state index < -0.39 is 23.9 Å². The van der Waals surface area contributed by atoms with Crippen molar-refractivity contribution in [2.24, 2.45) is 11.8 Å². The summed E-state index contributed by atoms with van der Waals surface area (Å²) in [6, 6.07) is 4.12. The number of anilines is 1. The van der Waals surface area contributed by atoms with Crippen LogP contribution in [0.5, 0.6) is 5.75 Å². The fourth-order valence-electron chi connectivity index (χ4n) is 2.55. The molecule has 2 atom stereocenters. The van der Waals surface area contributed by atoms with E-state index in [1.807, 2.05) is 0 Å². The number of aromatic hydroxyl groups is 1. The predicted octanol–water partition coefficient (Wildman–Crippen LogP) is 4.35. The molecule has 1 aliphatic rings. The van der Waals surface area contributed by atoms with E-state index in [-0.39, 0.29) is 23.6 Å². The summed E-state index contributed by atoms with van der Waals surface area (Å²) in [7, 11) is 0. The Morgan fingerprint density at radius 2 is 2.05 bits per heavy atom. The summed E-state index contributed by atoms with van der Waals surface area (Å²) in [5.41, 5.74) is 0.358. The van der Waals surface area contributed by atoms with Crippen molar-refractivity contribution in [1.29, 1.82) is 0 Å². The zero-order valence-corrected chi connectivity index (χ0v) is 11.8. The summed E-state index contributed by atoms with van der Waals surface area (Å²) < 4.78 is 38.2. The molecule has 0 saturated heterocycles. The van der Waals surface area contributed by atoms with E-state index in [9.17, 15) is 23.1 Å². The third-order valence-corrected chi connectivity index (χ3v) is 4.03. The van der Waals surface area contributed by atoms with Crippen LogP contribution in [0, 0.1) is 11.8 Å². The van der Waals surface area contributed by atoms with Crippen molar-refractivity contribution in [3.8, 4) is 5.75 Å². The van der Waals surface area contributed by atoms with E-state index in [2.05, 4.69) is 5.32 Å². The van der Waals surface area contributed by atoms with Gasteiger partial charge in [0.05, 0.1) is 10.9 Å². The number of phenolic OH excluding ortho intramolecular Hbond substituents is 1. The average molecular weight is 322 g/mol. The van der Waals surface area contributed by atoms with Gasteiger partial charge in [0.15, 0.2) is 0 Å². The molecule has 1 aliphatic carbocycles. The minimum Gasteiger partial charge on any atom is -0.506 e. The molecular formula is C14H15ClF3NO2. The molecule has 7 heteroatoms. The van der Waals surface area contributed by atoms with Gasteiger partial charge in [-0.2, -0.15) is 13.2 Å². The van der Waals surface area contributed by atoms with Gasteiger partial charge in [-0.25, -0.2) is 0 Å². The first-order chi connectivity index (χ1) is 9.77. The Balaban J connectivity index is 2.01. The number of rotatable bonds is 2. The number of amides is 1. The van der Waals surface area contributed by atoms with E-state index in [0.717, 1.165) is 0 Å². The number of nitrogens with one attached hydrogen (secondary N) is 1. The number of carbonyl (C=O) groups is 1. The van der Waals surface area contributed by atoms with Crippen LogP contribution >= 0.6 is 11.6 Å². The molecule has 1 amide bonds. The van der Waals surface area contributed by atoms with Crippen molar-refractivity contribution in [3.05, 3.63) is 23.2 Å². The van der Waals surface area contributed by atoms with Gasteiger partial charge in [0.1, 0.15) is 5.75 Å². The number of halogens is 4. The number of hydrogen-bond donors (Lipinski definition) is 2. The molecule has 116 valence electrons. The fourth-order valence-corrected chi connectivity index (χ4v) is 2.73. The van der Waals surface area contributed by atoms with Gasteiger partial charge in [-0.15, -0.1) is 0 Å². The van der Waals surface area contributed by atoms with Crippen LogP contribution in [0.4, 0.5) is 18.9 Å². The number of hydrogen-bond acceptors (Lipinski definition) is 2. The van der Waals surface area contributed by atoms with Crippen LogP contribution < -0.4 is 5.32 Å². The second-order valence-corrected chi connectivity index (χ2v) is 5.66. The number of phenols is 1.